The standard InChI is InChI=1S/C19H19ClF3N7O2/c20-16-15-13(3-9-32-15)17(28-27-16)24-4-1-2-14(31)29-5-7-30(8-6-29)18-25-10-12(11-26-18)19(21,22)23/h3,9-11H,1-2,4-8H2,(H,24,28). The molecule has 3 aromatic rings. The van der Waals surface area contributed by atoms with E-state index in [1.165, 1.54) is 6.26 Å². The van der Waals surface area contributed by atoms with Crippen molar-refractivity contribution in [2.45, 2.75) is 19.0 Å². The van der Waals surface area contributed by atoms with Crippen LogP contribution in [-0.2, 0) is 11.0 Å². The van der Waals surface area contributed by atoms with Crippen molar-refractivity contribution < 1.29 is 22.4 Å². The van der Waals surface area contributed by atoms with E-state index in [0.717, 1.165) is 17.8 Å². The molecular formula is C19H19ClF3N7O2. The van der Waals surface area contributed by atoms with Gasteiger partial charge in [0, 0.05) is 51.5 Å². The number of piperazine rings is 1. The molecule has 3 aromatic heterocycles. The zero-order valence-corrected chi connectivity index (χ0v) is 17.5. The van der Waals surface area contributed by atoms with Gasteiger partial charge in [0.05, 0.1) is 17.2 Å². The number of anilines is 2. The van der Waals surface area contributed by atoms with E-state index in [9.17, 15) is 18.0 Å². The minimum absolute atomic E-state index is 0.00966. The van der Waals surface area contributed by atoms with Crippen molar-refractivity contribution in [2.24, 2.45) is 0 Å². The Morgan fingerprint density at radius 1 is 1.16 bits per heavy atom. The first kappa shape index (κ1) is 22.1. The SMILES string of the molecule is O=C(CCCNc1nnc(Cl)c2occc12)N1CCN(c2ncc(C(F)(F)F)cn2)CC1. The van der Waals surface area contributed by atoms with Crippen LogP contribution in [0.25, 0.3) is 11.0 Å². The van der Waals surface area contributed by atoms with E-state index in [1.54, 1.807) is 15.9 Å². The Bertz CT molecular complexity index is 1080. The summed E-state index contributed by atoms with van der Waals surface area (Å²) in [6.45, 7) is 2.33. The molecule has 0 saturated carbocycles. The van der Waals surface area contributed by atoms with Crippen LogP contribution in [0.4, 0.5) is 24.9 Å². The number of halogens is 4. The molecule has 0 aliphatic carbocycles. The minimum atomic E-state index is -4.47. The lowest BCUT2D eigenvalue weighted by Crippen LogP contribution is -2.49. The molecule has 0 bridgehead atoms. The molecule has 1 saturated heterocycles. The Balaban J connectivity index is 1.22. The highest BCUT2D eigenvalue weighted by molar-refractivity contribution is 6.33. The van der Waals surface area contributed by atoms with E-state index in [1.807, 2.05) is 0 Å². The summed E-state index contributed by atoms with van der Waals surface area (Å²) < 4.78 is 43.2. The van der Waals surface area contributed by atoms with Crippen LogP contribution in [0.5, 0.6) is 0 Å². The van der Waals surface area contributed by atoms with Gasteiger partial charge in [-0.15, -0.1) is 10.2 Å². The number of nitrogens with zero attached hydrogens (tertiary/aromatic N) is 6. The molecule has 170 valence electrons. The fraction of sp³-hybridized carbons (Fsp3) is 0.421. The van der Waals surface area contributed by atoms with Gasteiger partial charge < -0.3 is 19.5 Å². The number of amides is 1. The first-order valence-electron chi connectivity index (χ1n) is 9.88. The number of fused-ring (bicyclic) bond motifs is 1. The topological polar surface area (TPSA) is 100 Å². The van der Waals surface area contributed by atoms with Gasteiger partial charge in [-0.05, 0) is 12.5 Å². The molecule has 0 atom stereocenters. The lowest BCUT2D eigenvalue weighted by atomic mass is 10.2. The van der Waals surface area contributed by atoms with Crippen LogP contribution in [0.1, 0.15) is 18.4 Å². The smallest absolute Gasteiger partial charge is 0.419 e. The summed E-state index contributed by atoms with van der Waals surface area (Å²) >= 11 is 5.93. The third-order valence-electron chi connectivity index (χ3n) is 5.09. The number of alkyl halides is 3. The van der Waals surface area contributed by atoms with Crippen molar-refractivity contribution in [2.75, 3.05) is 42.9 Å². The van der Waals surface area contributed by atoms with Crippen molar-refractivity contribution in [3.05, 3.63) is 35.4 Å². The Morgan fingerprint density at radius 3 is 2.56 bits per heavy atom. The van der Waals surface area contributed by atoms with Gasteiger partial charge in [-0.1, -0.05) is 11.6 Å². The van der Waals surface area contributed by atoms with Gasteiger partial charge in [0.15, 0.2) is 16.6 Å². The third kappa shape index (κ3) is 4.85. The first-order chi connectivity index (χ1) is 15.3. The summed E-state index contributed by atoms with van der Waals surface area (Å²) in [5, 5.41) is 11.9. The van der Waals surface area contributed by atoms with E-state index in [2.05, 4.69) is 25.5 Å². The Kier molecular flexibility index (Phi) is 6.31. The van der Waals surface area contributed by atoms with Crippen LogP contribution in [-0.4, -0.2) is 63.7 Å². The highest BCUT2D eigenvalue weighted by atomic mass is 35.5. The van der Waals surface area contributed by atoms with Gasteiger partial charge >= 0.3 is 6.18 Å². The minimum Gasteiger partial charge on any atom is -0.461 e. The molecule has 1 aliphatic heterocycles. The van der Waals surface area contributed by atoms with Gasteiger partial charge in [-0.3, -0.25) is 4.79 Å². The number of nitrogens with one attached hydrogen (secondary N) is 1. The highest BCUT2D eigenvalue weighted by Crippen LogP contribution is 2.29. The summed E-state index contributed by atoms with van der Waals surface area (Å²) in [6, 6.07) is 1.74. The Hall–Kier alpha value is -3.15. The molecule has 0 radical (unpaired) electrons. The zero-order valence-electron chi connectivity index (χ0n) is 16.8. The predicted molar refractivity (Wildman–Crippen MR) is 110 cm³/mol. The molecule has 1 aliphatic rings. The number of carbonyl (C=O) groups excluding carboxylic acids is 1. The number of furan rings is 1. The van der Waals surface area contributed by atoms with E-state index in [0.29, 0.717) is 57.0 Å². The molecule has 0 spiro atoms. The monoisotopic (exact) mass is 469 g/mol. The van der Waals surface area contributed by atoms with Crippen LogP contribution in [0.2, 0.25) is 5.15 Å². The van der Waals surface area contributed by atoms with Gasteiger partial charge in [-0.2, -0.15) is 13.2 Å². The average molecular weight is 470 g/mol. The maximum absolute atomic E-state index is 12.6. The zero-order chi connectivity index (χ0) is 22.7. The molecule has 9 nitrogen and oxygen atoms in total. The summed E-state index contributed by atoms with van der Waals surface area (Å²) in [4.78, 5) is 23.6. The maximum Gasteiger partial charge on any atom is 0.419 e. The molecule has 1 amide bonds. The van der Waals surface area contributed by atoms with E-state index in [-0.39, 0.29) is 17.0 Å². The lowest BCUT2D eigenvalue weighted by molar-refractivity contribution is -0.138. The summed E-state index contributed by atoms with van der Waals surface area (Å²) in [6.07, 6.45) is -0.484. The predicted octanol–water partition coefficient (Wildman–Crippen LogP) is 3.23. The summed E-state index contributed by atoms with van der Waals surface area (Å²) in [7, 11) is 0. The molecule has 0 unspecified atom stereocenters. The number of rotatable bonds is 6. The van der Waals surface area contributed by atoms with Crippen LogP contribution >= 0.6 is 11.6 Å². The molecule has 32 heavy (non-hydrogen) atoms. The molecule has 1 fully saturated rings. The van der Waals surface area contributed by atoms with Crippen LogP contribution in [0.3, 0.4) is 0 Å². The summed E-state index contributed by atoms with van der Waals surface area (Å²) in [5.74, 6) is 0.773. The second-order valence-electron chi connectivity index (χ2n) is 7.17. The van der Waals surface area contributed by atoms with E-state index in [4.69, 9.17) is 16.0 Å². The van der Waals surface area contributed by atoms with E-state index >= 15 is 0 Å². The van der Waals surface area contributed by atoms with E-state index < -0.39 is 11.7 Å². The second-order valence-corrected chi connectivity index (χ2v) is 7.53. The van der Waals surface area contributed by atoms with Crippen molar-refractivity contribution >= 4 is 40.2 Å². The normalized spacial score (nSPS) is 14.8. The second kappa shape index (κ2) is 9.15. The number of carbonyl (C=O) groups is 1. The van der Waals surface area contributed by atoms with Crippen molar-refractivity contribution in [1.82, 2.24) is 25.1 Å². The summed E-state index contributed by atoms with van der Waals surface area (Å²) in [5.41, 5.74) is -0.433. The van der Waals surface area contributed by atoms with Gasteiger partial charge in [-0.25, -0.2) is 9.97 Å². The van der Waals surface area contributed by atoms with Crippen LogP contribution in [0, 0.1) is 0 Å². The average Bonchev–Trinajstić information content (AvgIpc) is 3.29. The van der Waals surface area contributed by atoms with Crippen molar-refractivity contribution in [3.63, 3.8) is 0 Å². The maximum atomic E-state index is 12.6. The third-order valence-corrected chi connectivity index (χ3v) is 5.33. The number of hydrogen-bond acceptors (Lipinski definition) is 8. The molecule has 4 heterocycles. The van der Waals surface area contributed by atoms with Crippen LogP contribution < -0.4 is 10.2 Å². The van der Waals surface area contributed by atoms with Gasteiger partial charge in [0.25, 0.3) is 0 Å². The first-order valence-corrected chi connectivity index (χ1v) is 10.3. The van der Waals surface area contributed by atoms with Gasteiger partial charge in [0.2, 0.25) is 11.9 Å². The molecule has 13 heteroatoms. The van der Waals surface area contributed by atoms with Crippen molar-refractivity contribution in [1.29, 1.82) is 0 Å². The largest absolute Gasteiger partial charge is 0.461 e. The highest BCUT2D eigenvalue weighted by Gasteiger charge is 2.32. The fourth-order valence-corrected chi connectivity index (χ4v) is 3.55. The molecule has 0 aromatic carbocycles. The lowest BCUT2D eigenvalue weighted by Gasteiger charge is -2.34. The van der Waals surface area contributed by atoms with Crippen molar-refractivity contribution in [3.8, 4) is 0 Å². The fourth-order valence-electron chi connectivity index (χ4n) is 3.37. The molecule has 1 N–H and O–H groups in total. The number of aromatic nitrogens is 4. The Labute approximate surface area is 185 Å². The number of hydrogen-bond donors (Lipinski definition) is 1. The Morgan fingerprint density at radius 2 is 1.88 bits per heavy atom. The quantitative estimate of drug-likeness (QED) is 0.549. The molecular weight excluding hydrogens is 451 g/mol. The van der Waals surface area contributed by atoms with Crippen LogP contribution in [0.15, 0.2) is 29.1 Å². The molecule has 4 rings (SSSR count). The van der Waals surface area contributed by atoms with Gasteiger partial charge in [0.1, 0.15) is 0 Å².